The van der Waals surface area contributed by atoms with E-state index in [1.807, 2.05) is 0 Å². The van der Waals surface area contributed by atoms with Crippen LogP contribution in [0.1, 0.15) is 19.3 Å². The predicted octanol–water partition coefficient (Wildman–Crippen LogP) is 0.937. The number of carbonyl (C=O) groups is 1. The van der Waals surface area contributed by atoms with E-state index in [0.29, 0.717) is 0 Å². The SMILES string of the molecule is O=C1COCCN1C1CC(O)CCC1C(F)(F)F. The molecule has 1 aliphatic heterocycles. The zero-order chi connectivity index (χ0) is 13.3. The molecule has 2 rings (SSSR count). The van der Waals surface area contributed by atoms with Gasteiger partial charge in [-0.25, -0.2) is 0 Å². The van der Waals surface area contributed by atoms with Crippen LogP contribution in [0.3, 0.4) is 0 Å². The molecule has 7 heteroatoms. The third-order valence-corrected chi connectivity index (χ3v) is 3.63. The molecule has 0 radical (unpaired) electrons. The maximum atomic E-state index is 12.9. The molecule has 0 spiro atoms. The molecule has 1 N–H and O–H groups in total. The maximum Gasteiger partial charge on any atom is 0.393 e. The van der Waals surface area contributed by atoms with Crippen LogP contribution in [0, 0.1) is 5.92 Å². The summed E-state index contributed by atoms with van der Waals surface area (Å²) >= 11 is 0. The molecule has 1 amide bonds. The molecule has 1 saturated carbocycles. The number of aliphatic hydroxyl groups is 1. The van der Waals surface area contributed by atoms with Gasteiger partial charge in [-0.2, -0.15) is 13.2 Å². The molecule has 18 heavy (non-hydrogen) atoms. The Morgan fingerprint density at radius 3 is 2.67 bits per heavy atom. The van der Waals surface area contributed by atoms with Gasteiger partial charge in [-0.05, 0) is 19.3 Å². The highest BCUT2D eigenvalue weighted by molar-refractivity contribution is 5.78. The van der Waals surface area contributed by atoms with Crippen LogP contribution in [0.25, 0.3) is 0 Å². The first kappa shape index (κ1) is 13.6. The van der Waals surface area contributed by atoms with Crippen molar-refractivity contribution in [2.45, 2.75) is 37.6 Å². The molecule has 1 aliphatic carbocycles. The standard InChI is InChI=1S/C11H16F3NO3/c12-11(13,14)8-2-1-7(16)5-9(8)15-3-4-18-6-10(15)17/h7-9,16H,1-6H2. The molecule has 104 valence electrons. The highest BCUT2D eigenvalue weighted by Crippen LogP contribution is 2.40. The van der Waals surface area contributed by atoms with Crippen LogP contribution in [0.4, 0.5) is 13.2 Å². The van der Waals surface area contributed by atoms with E-state index in [9.17, 15) is 23.1 Å². The van der Waals surface area contributed by atoms with E-state index >= 15 is 0 Å². The second kappa shape index (κ2) is 5.05. The number of amides is 1. The van der Waals surface area contributed by atoms with Gasteiger partial charge >= 0.3 is 6.18 Å². The minimum atomic E-state index is -4.33. The maximum absolute atomic E-state index is 12.9. The van der Waals surface area contributed by atoms with Crippen molar-refractivity contribution in [2.75, 3.05) is 19.8 Å². The third-order valence-electron chi connectivity index (χ3n) is 3.63. The summed E-state index contributed by atoms with van der Waals surface area (Å²) in [6.07, 6.45) is -5.08. The van der Waals surface area contributed by atoms with Gasteiger partial charge in [0.25, 0.3) is 0 Å². The van der Waals surface area contributed by atoms with E-state index in [0.717, 1.165) is 0 Å². The Morgan fingerprint density at radius 2 is 2.06 bits per heavy atom. The fourth-order valence-corrected chi connectivity index (χ4v) is 2.73. The lowest BCUT2D eigenvalue weighted by Crippen LogP contribution is -2.56. The summed E-state index contributed by atoms with van der Waals surface area (Å²) in [4.78, 5) is 12.9. The third kappa shape index (κ3) is 2.77. The number of rotatable bonds is 1. The van der Waals surface area contributed by atoms with Gasteiger partial charge in [-0.3, -0.25) is 4.79 Å². The van der Waals surface area contributed by atoms with Crippen molar-refractivity contribution in [2.24, 2.45) is 5.92 Å². The van der Waals surface area contributed by atoms with Crippen LogP contribution in [-0.2, 0) is 9.53 Å². The number of hydrogen-bond donors (Lipinski definition) is 1. The first-order chi connectivity index (χ1) is 8.39. The molecule has 1 heterocycles. The minimum Gasteiger partial charge on any atom is -0.393 e. The lowest BCUT2D eigenvalue weighted by molar-refractivity contribution is -0.208. The number of alkyl halides is 3. The zero-order valence-electron chi connectivity index (χ0n) is 9.82. The van der Waals surface area contributed by atoms with Crippen LogP contribution in [0.15, 0.2) is 0 Å². The average Bonchev–Trinajstić information content (AvgIpc) is 2.27. The summed E-state index contributed by atoms with van der Waals surface area (Å²) in [7, 11) is 0. The summed E-state index contributed by atoms with van der Waals surface area (Å²) in [6, 6.07) is -0.954. The molecule has 1 saturated heterocycles. The van der Waals surface area contributed by atoms with Gasteiger partial charge in [0.1, 0.15) is 6.61 Å². The zero-order valence-corrected chi connectivity index (χ0v) is 9.82. The molecule has 2 aliphatic rings. The largest absolute Gasteiger partial charge is 0.393 e. The van der Waals surface area contributed by atoms with Crippen molar-refractivity contribution in [3.8, 4) is 0 Å². The molecule has 3 atom stereocenters. The number of ether oxygens (including phenoxy) is 1. The van der Waals surface area contributed by atoms with Crippen LogP contribution in [0.5, 0.6) is 0 Å². The van der Waals surface area contributed by atoms with Crippen molar-refractivity contribution in [3.63, 3.8) is 0 Å². The summed E-state index contributed by atoms with van der Waals surface area (Å²) in [5, 5.41) is 9.54. The van der Waals surface area contributed by atoms with Crippen molar-refractivity contribution < 1.29 is 27.8 Å². The van der Waals surface area contributed by atoms with Crippen molar-refractivity contribution in [1.29, 1.82) is 0 Å². The molecule has 0 aromatic rings. The normalized spacial score (nSPS) is 34.8. The fourth-order valence-electron chi connectivity index (χ4n) is 2.73. The van der Waals surface area contributed by atoms with Gasteiger partial charge in [0, 0.05) is 12.6 Å². The van der Waals surface area contributed by atoms with Crippen molar-refractivity contribution >= 4 is 5.91 Å². The van der Waals surface area contributed by atoms with E-state index in [1.54, 1.807) is 0 Å². The Kier molecular flexibility index (Phi) is 3.82. The molecule has 4 nitrogen and oxygen atoms in total. The van der Waals surface area contributed by atoms with E-state index < -0.39 is 30.1 Å². The fraction of sp³-hybridized carbons (Fsp3) is 0.909. The summed E-state index contributed by atoms with van der Waals surface area (Å²) < 4.78 is 43.8. The molecular formula is C11H16F3NO3. The molecule has 3 unspecified atom stereocenters. The number of nitrogens with zero attached hydrogens (tertiary/aromatic N) is 1. The van der Waals surface area contributed by atoms with Crippen molar-refractivity contribution in [1.82, 2.24) is 4.90 Å². The van der Waals surface area contributed by atoms with Crippen molar-refractivity contribution in [3.05, 3.63) is 0 Å². The Bertz CT molecular complexity index is 321. The van der Waals surface area contributed by atoms with E-state index in [-0.39, 0.29) is 39.0 Å². The van der Waals surface area contributed by atoms with Gasteiger partial charge < -0.3 is 14.7 Å². The predicted molar refractivity (Wildman–Crippen MR) is 55.7 cm³/mol. The Hall–Kier alpha value is -0.820. The van der Waals surface area contributed by atoms with E-state index in [4.69, 9.17) is 4.74 Å². The van der Waals surface area contributed by atoms with Crippen LogP contribution >= 0.6 is 0 Å². The second-order valence-electron chi connectivity index (χ2n) is 4.82. The molecule has 2 fully saturated rings. The molecule has 0 bridgehead atoms. The quantitative estimate of drug-likeness (QED) is 0.769. The number of halogens is 3. The van der Waals surface area contributed by atoms with Crippen LogP contribution < -0.4 is 0 Å². The minimum absolute atomic E-state index is 0.00405. The summed E-state index contributed by atoms with van der Waals surface area (Å²) in [6.45, 7) is 0.253. The molecule has 0 aromatic heterocycles. The number of morpholine rings is 1. The number of carbonyl (C=O) groups excluding carboxylic acids is 1. The van der Waals surface area contributed by atoms with Gasteiger partial charge in [0.15, 0.2) is 0 Å². The van der Waals surface area contributed by atoms with Gasteiger partial charge in [0.2, 0.25) is 5.91 Å². The van der Waals surface area contributed by atoms with Gasteiger partial charge in [-0.1, -0.05) is 0 Å². The number of aliphatic hydroxyl groups excluding tert-OH is 1. The topological polar surface area (TPSA) is 49.8 Å². The van der Waals surface area contributed by atoms with Crippen LogP contribution in [-0.4, -0.2) is 54.0 Å². The van der Waals surface area contributed by atoms with E-state index in [1.165, 1.54) is 4.90 Å². The first-order valence-corrected chi connectivity index (χ1v) is 6.01. The monoisotopic (exact) mass is 267 g/mol. The lowest BCUT2D eigenvalue weighted by atomic mass is 9.81. The van der Waals surface area contributed by atoms with Crippen LogP contribution in [0.2, 0.25) is 0 Å². The van der Waals surface area contributed by atoms with Gasteiger partial charge in [-0.15, -0.1) is 0 Å². The average molecular weight is 267 g/mol. The smallest absolute Gasteiger partial charge is 0.393 e. The molecule has 0 aromatic carbocycles. The Balaban J connectivity index is 2.16. The Labute approximate surface area is 103 Å². The highest BCUT2D eigenvalue weighted by Gasteiger charge is 2.50. The van der Waals surface area contributed by atoms with E-state index in [2.05, 4.69) is 0 Å². The highest BCUT2D eigenvalue weighted by atomic mass is 19.4. The summed E-state index contributed by atoms with van der Waals surface area (Å²) in [5.41, 5.74) is 0. The molecular weight excluding hydrogens is 251 g/mol. The lowest BCUT2D eigenvalue weighted by Gasteiger charge is -2.43. The first-order valence-electron chi connectivity index (χ1n) is 6.01. The number of hydrogen-bond acceptors (Lipinski definition) is 3. The second-order valence-corrected chi connectivity index (χ2v) is 4.82. The summed E-state index contributed by atoms with van der Waals surface area (Å²) in [5.74, 6) is -1.96. The Morgan fingerprint density at radius 1 is 1.33 bits per heavy atom. The van der Waals surface area contributed by atoms with Gasteiger partial charge in [0.05, 0.1) is 18.6 Å².